The van der Waals surface area contributed by atoms with Crippen LogP contribution in [-0.2, 0) is 4.79 Å². The minimum Gasteiger partial charge on any atom is -0.493 e. The molecule has 0 unspecified atom stereocenters. The fraction of sp³-hybridized carbons (Fsp3) is 0.182. The Labute approximate surface area is 162 Å². The van der Waals surface area contributed by atoms with E-state index in [2.05, 4.69) is 12.1 Å². The predicted octanol–water partition coefficient (Wildman–Crippen LogP) is 4.88. The lowest BCUT2D eigenvalue weighted by atomic mass is 10.1. The second-order valence-corrected chi connectivity index (χ2v) is 6.92. The number of benzene rings is 3. The van der Waals surface area contributed by atoms with E-state index in [1.54, 1.807) is 18.2 Å². The van der Waals surface area contributed by atoms with E-state index in [9.17, 15) is 9.59 Å². The number of carbonyl (C=O) groups excluding carboxylic acids is 2. The molecule has 0 fully saturated rings. The van der Waals surface area contributed by atoms with E-state index in [0.717, 1.165) is 29.4 Å². The largest absolute Gasteiger partial charge is 0.493 e. The van der Waals surface area contributed by atoms with E-state index < -0.39 is 11.7 Å². The Morgan fingerprint density at radius 2 is 1.74 bits per heavy atom. The van der Waals surface area contributed by atoms with Gasteiger partial charge in [0.1, 0.15) is 5.75 Å². The number of nitrogens with zero attached hydrogens (tertiary/aromatic N) is 1. The molecule has 0 atom stereocenters. The molecule has 27 heavy (non-hydrogen) atoms. The molecule has 3 aromatic rings. The number of amides is 1. The molecule has 1 aliphatic rings. The van der Waals surface area contributed by atoms with Gasteiger partial charge in [-0.3, -0.25) is 9.59 Å². The van der Waals surface area contributed by atoms with Crippen molar-refractivity contribution < 1.29 is 14.3 Å². The number of ether oxygens (including phenoxy) is 1. The summed E-state index contributed by atoms with van der Waals surface area (Å²) < 4.78 is 5.93. The van der Waals surface area contributed by atoms with Gasteiger partial charge in [0.15, 0.2) is 0 Å². The van der Waals surface area contributed by atoms with Crippen molar-refractivity contribution in [3.8, 4) is 5.75 Å². The smallest absolute Gasteiger partial charge is 0.299 e. The first-order chi connectivity index (χ1) is 13.1. The van der Waals surface area contributed by atoms with Gasteiger partial charge in [-0.2, -0.15) is 0 Å². The lowest BCUT2D eigenvalue weighted by Gasteiger charge is -2.16. The summed E-state index contributed by atoms with van der Waals surface area (Å²) in [5, 5.41) is 2.69. The van der Waals surface area contributed by atoms with Crippen LogP contribution in [0.15, 0.2) is 60.7 Å². The Hall–Kier alpha value is -2.85. The van der Waals surface area contributed by atoms with E-state index in [4.69, 9.17) is 16.3 Å². The fourth-order valence-corrected chi connectivity index (χ4v) is 3.54. The van der Waals surface area contributed by atoms with Gasteiger partial charge in [0.2, 0.25) is 0 Å². The Kier molecular flexibility index (Phi) is 4.82. The SMILES string of the molecule is O=C1C(=O)N(CCCCOc2cccc3ccccc23)c2ccc(Cl)cc21. The van der Waals surface area contributed by atoms with Gasteiger partial charge in [-0.05, 0) is 42.5 Å². The molecule has 0 aromatic heterocycles. The molecule has 0 radical (unpaired) electrons. The van der Waals surface area contributed by atoms with Crippen LogP contribution >= 0.6 is 11.6 Å². The van der Waals surface area contributed by atoms with Crippen LogP contribution in [0.2, 0.25) is 5.02 Å². The van der Waals surface area contributed by atoms with Crippen molar-refractivity contribution in [1.82, 2.24) is 0 Å². The van der Waals surface area contributed by atoms with Crippen LogP contribution in [0, 0.1) is 0 Å². The summed E-state index contributed by atoms with van der Waals surface area (Å²) >= 11 is 5.93. The molecule has 5 heteroatoms. The van der Waals surface area contributed by atoms with Crippen LogP contribution in [0.5, 0.6) is 5.75 Å². The molecule has 0 saturated carbocycles. The summed E-state index contributed by atoms with van der Waals surface area (Å²) in [6.07, 6.45) is 1.52. The van der Waals surface area contributed by atoms with Gasteiger partial charge in [0.05, 0.1) is 17.9 Å². The molecule has 1 aliphatic heterocycles. The van der Waals surface area contributed by atoms with Crippen molar-refractivity contribution >= 4 is 39.8 Å². The van der Waals surface area contributed by atoms with Gasteiger partial charge in [0, 0.05) is 17.0 Å². The van der Waals surface area contributed by atoms with Crippen molar-refractivity contribution in [3.05, 3.63) is 71.2 Å². The minimum absolute atomic E-state index is 0.388. The van der Waals surface area contributed by atoms with E-state index in [1.807, 2.05) is 30.3 Å². The number of halogens is 1. The molecule has 1 amide bonds. The molecule has 0 bridgehead atoms. The number of ketones is 1. The van der Waals surface area contributed by atoms with Crippen LogP contribution in [0.4, 0.5) is 5.69 Å². The normalized spacial score (nSPS) is 13.3. The summed E-state index contributed by atoms with van der Waals surface area (Å²) in [4.78, 5) is 25.8. The maximum Gasteiger partial charge on any atom is 0.299 e. The number of rotatable bonds is 6. The monoisotopic (exact) mass is 379 g/mol. The van der Waals surface area contributed by atoms with Gasteiger partial charge >= 0.3 is 0 Å². The highest BCUT2D eigenvalue weighted by Gasteiger charge is 2.35. The average Bonchev–Trinajstić information content (AvgIpc) is 2.92. The molecule has 0 N–H and O–H groups in total. The van der Waals surface area contributed by atoms with Crippen LogP contribution < -0.4 is 9.64 Å². The molecule has 4 rings (SSSR count). The fourth-order valence-electron chi connectivity index (χ4n) is 3.37. The minimum atomic E-state index is -0.487. The molecule has 0 saturated heterocycles. The van der Waals surface area contributed by atoms with E-state index in [-0.39, 0.29) is 0 Å². The zero-order valence-corrected chi connectivity index (χ0v) is 15.4. The standard InChI is InChI=1S/C22H18ClNO3/c23-16-10-11-19-18(14-16)21(25)22(26)24(19)12-3-4-13-27-20-9-5-7-15-6-1-2-8-17(15)20/h1-2,5-11,14H,3-4,12-13H2. The number of anilines is 1. The van der Waals surface area contributed by atoms with Gasteiger partial charge < -0.3 is 9.64 Å². The molecule has 3 aromatic carbocycles. The third-order valence-corrected chi connectivity index (χ3v) is 4.95. The molecule has 4 nitrogen and oxygen atoms in total. The first-order valence-electron chi connectivity index (χ1n) is 8.91. The predicted molar refractivity (Wildman–Crippen MR) is 107 cm³/mol. The Morgan fingerprint density at radius 3 is 2.63 bits per heavy atom. The van der Waals surface area contributed by atoms with E-state index in [1.165, 1.54) is 4.90 Å². The van der Waals surface area contributed by atoms with Crippen molar-refractivity contribution in [2.24, 2.45) is 0 Å². The quantitative estimate of drug-likeness (QED) is 0.453. The summed E-state index contributed by atoms with van der Waals surface area (Å²) in [5.41, 5.74) is 1.03. The summed E-state index contributed by atoms with van der Waals surface area (Å²) in [6.45, 7) is 1.04. The number of unbranched alkanes of at least 4 members (excludes halogenated alkanes) is 1. The molecule has 0 spiro atoms. The van der Waals surface area contributed by atoms with Gasteiger partial charge in [-0.1, -0.05) is 48.0 Å². The molecule has 1 heterocycles. The number of fused-ring (bicyclic) bond motifs is 2. The molecule has 136 valence electrons. The van der Waals surface area contributed by atoms with Crippen molar-refractivity contribution in [2.75, 3.05) is 18.1 Å². The van der Waals surface area contributed by atoms with Gasteiger partial charge in [0.25, 0.3) is 11.7 Å². The lowest BCUT2D eigenvalue weighted by Crippen LogP contribution is -2.30. The summed E-state index contributed by atoms with van der Waals surface area (Å²) in [7, 11) is 0. The van der Waals surface area contributed by atoms with E-state index >= 15 is 0 Å². The topological polar surface area (TPSA) is 46.6 Å². The summed E-state index contributed by atoms with van der Waals surface area (Å²) in [6, 6.07) is 19.1. The van der Waals surface area contributed by atoms with Crippen LogP contribution in [0.3, 0.4) is 0 Å². The van der Waals surface area contributed by atoms with Crippen molar-refractivity contribution in [2.45, 2.75) is 12.8 Å². The summed E-state index contributed by atoms with van der Waals surface area (Å²) in [5.74, 6) is -0.109. The van der Waals surface area contributed by atoms with Crippen molar-refractivity contribution in [3.63, 3.8) is 0 Å². The molecular weight excluding hydrogens is 362 g/mol. The van der Waals surface area contributed by atoms with Crippen molar-refractivity contribution in [1.29, 1.82) is 0 Å². The molecule has 0 aliphatic carbocycles. The average molecular weight is 380 g/mol. The number of hydrogen-bond acceptors (Lipinski definition) is 3. The van der Waals surface area contributed by atoms with E-state index in [0.29, 0.717) is 29.4 Å². The van der Waals surface area contributed by atoms with Crippen LogP contribution in [0.25, 0.3) is 10.8 Å². The zero-order chi connectivity index (χ0) is 18.8. The van der Waals surface area contributed by atoms with Gasteiger partial charge in [-0.15, -0.1) is 0 Å². The lowest BCUT2D eigenvalue weighted by molar-refractivity contribution is -0.114. The third-order valence-electron chi connectivity index (χ3n) is 4.72. The van der Waals surface area contributed by atoms with Crippen LogP contribution in [0.1, 0.15) is 23.2 Å². The molecular formula is C22H18ClNO3. The number of hydrogen-bond donors (Lipinski definition) is 0. The Morgan fingerprint density at radius 1 is 0.926 bits per heavy atom. The van der Waals surface area contributed by atoms with Gasteiger partial charge in [-0.25, -0.2) is 0 Å². The highest BCUT2D eigenvalue weighted by molar-refractivity contribution is 6.52. The number of carbonyl (C=O) groups is 2. The first-order valence-corrected chi connectivity index (χ1v) is 9.29. The first kappa shape index (κ1) is 17.6. The Bertz CT molecular complexity index is 1030. The highest BCUT2D eigenvalue weighted by Crippen LogP contribution is 2.31. The maximum absolute atomic E-state index is 12.2. The second kappa shape index (κ2) is 7.41. The highest BCUT2D eigenvalue weighted by atomic mass is 35.5. The number of Topliss-reactive ketones (excluding diaryl/α,β-unsaturated/α-hetero) is 1. The third kappa shape index (κ3) is 3.40. The maximum atomic E-state index is 12.2. The zero-order valence-electron chi connectivity index (χ0n) is 14.7. The Balaban J connectivity index is 1.34. The van der Waals surface area contributed by atoms with Crippen LogP contribution in [-0.4, -0.2) is 24.8 Å². The second-order valence-electron chi connectivity index (χ2n) is 6.48.